The van der Waals surface area contributed by atoms with Crippen molar-refractivity contribution in [3.8, 4) is 0 Å². The normalized spacial score (nSPS) is 10.3. The van der Waals surface area contributed by atoms with E-state index in [1.807, 2.05) is 41.8 Å². The number of carbonyl (C=O) groups excluding carboxylic acids is 2. The molecule has 0 radical (unpaired) electrons. The van der Waals surface area contributed by atoms with Gasteiger partial charge >= 0.3 is 0 Å². The minimum atomic E-state index is -0.214. The molecular weight excluding hydrogens is 382 g/mol. The monoisotopic (exact) mass is 405 g/mol. The lowest BCUT2D eigenvalue weighted by Crippen LogP contribution is -2.34. The van der Waals surface area contributed by atoms with Crippen molar-refractivity contribution >= 4 is 28.3 Å². The lowest BCUT2D eigenvalue weighted by molar-refractivity contribution is -0.130. The highest BCUT2D eigenvalue weighted by molar-refractivity contribution is 7.14. The van der Waals surface area contributed by atoms with Gasteiger partial charge in [0.1, 0.15) is 0 Å². The molecule has 2 amide bonds. The molecule has 2 aromatic carbocycles. The van der Waals surface area contributed by atoms with Crippen LogP contribution in [0.1, 0.15) is 21.6 Å². The molecule has 1 aromatic heterocycles. The quantitative estimate of drug-likeness (QED) is 0.543. The average molecular weight is 406 g/mol. The van der Waals surface area contributed by atoms with E-state index in [0.717, 1.165) is 6.42 Å². The summed E-state index contributed by atoms with van der Waals surface area (Å²) in [6.45, 7) is 4.87. The molecule has 0 aliphatic carbocycles. The lowest BCUT2D eigenvalue weighted by Gasteiger charge is -2.20. The third kappa shape index (κ3) is 6.12. The molecule has 3 rings (SSSR count). The SMILES string of the molecule is C=CCN(CCc1ccccc1)C(=O)Cc1csc(NC(=O)c2ccccc2)n1. The van der Waals surface area contributed by atoms with Crippen LogP contribution < -0.4 is 5.32 Å². The molecule has 3 aromatic rings. The summed E-state index contributed by atoms with van der Waals surface area (Å²) in [5.41, 5.74) is 2.41. The number of hydrogen-bond acceptors (Lipinski definition) is 4. The molecule has 0 atom stereocenters. The lowest BCUT2D eigenvalue weighted by atomic mass is 10.1. The number of carbonyl (C=O) groups is 2. The van der Waals surface area contributed by atoms with Gasteiger partial charge in [-0.2, -0.15) is 0 Å². The summed E-state index contributed by atoms with van der Waals surface area (Å²) in [4.78, 5) is 31.1. The predicted molar refractivity (Wildman–Crippen MR) is 117 cm³/mol. The maximum atomic E-state index is 12.7. The van der Waals surface area contributed by atoms with Crippen LogP contribution in [0.25, 0.3) is 0 Å². The van der Waals surface area contributed by atoms with Crippen molar-refractivity contribution in [1.82, 2.24) is 9.88 Å². The van der Waals surface area contributed by atoms with Crippen LogP contribution in [0.3, 0.4) is 0 Å². The number of hydrogen-bond donors (Lipinski definition) is 1. The molecule has 0 saturated carbocycles. The van der Waals surface area contributed by atoms with Crippen molar-refractivity contribution < 1.29 is 9.59 Å². The molecule has 0 saturated heterocycles. The summed E-state index contributed by atoms with van der Waals surface area (Å²) in [6, 6.07) is 19.0. The Hall–Kier alpha value is -3.25. The zero-order chi connectivity index (χ0) is 20.5. The maximum Gasteiger partial charge on any atom is 0.257 e. The number of thiazole rings is 1. The van der Waals surface area contributed by atoms with Gasteiger partial charge in [-0.1, -0.05) is 54.6 Å². The number of nitrogens with zero attached hydrogens (tertiary/aromatic N) is 2. The molecule has 0 bridgehead atoms. The van der Waals surface area contributed by atoms with Gasteiger partial charge in [-0.25, -0.2) is 4.98 Å². The molecule has 148 valence electrons. The zero-order valence-electron chi connectivity index (χ0n) is 16.1. The van der Waals surface area contributed by atoms with Crippen molar-refractivity contribution in [3.05, 3.63) is 95.5 Å². The third-order valence-corrected chi connectivity index (χ3v) is 5.16. The van der Waals surface area contributed by atoms with Gasteiger partial charge in [-0.05, 0) is 24.1 Å². The van der Waals surface area contributed by atoms with Gasteiger partial charge in [0.05, 0.1) is 12.1 Å². The van der Waals surface area contributed by atoms with Crippen molar-refractivity contribution in [1.29, 1.82) is 0 Å². The number of rotatable bonds is 9. The summed E-state index contributed by atoms with van der Waals surface area (Å²) in [5, 5.41) is 5.07. The molecule has 0 fully saturated rings. The molecule has 6 heteroatoms. The Bertz CT molecular complexity index is 955. The molecule has 0 unspecified atom stereocenters. The van der Waals surface area contributed by atoms with Crippen LogP contribution in [0.4, 0.5) is 5.13 Å². The van der Waals surface area contributed by atoms with E-state index in [-0.39, 0.29) is 18.2 Å². The van der Waals surface area contributed by atoms with Crippen LogP contribution in [0.5, 0.6) is 0 Å². The summed E-state index contributed by atoms with van der Waals surface area (Å²) in [7, 11) is 0. The minimum Gasteiger partial charge on any atom is -0.338 e. The molecule has 29 heavy (non-hydrogen) atoms. The summed E-state index contributed by atoms with van der Waals surface area (Å²) in [5.74, 6) is -0.221. The predicted octanol–water partition coefficient (Wildman–Crippen LogP) is 4.20. The first-order chi connectivity index (χ1) is 14.2. The van der Waals surface area contributed by atoms with Crippen LogP contribution in [0.15, 0.2) is 78.7 Å². The highest BCUT2D eigenvalue weighted by Crippen LogP contribution is 2.17. The van der Waals surface area contributed by atoms with Crippen molar-refractivity contribution in [3.63, 3.8) is 0 Å². The fraction of sp³-hybridized carbons (Fsp3) is 0.174. The van der Waals surface area contributed by atoms with E-state index in [4.69, 9.17) is 0 Å². The van der Waals surface area contributed by atoms with Crippen LogP contribution in [-0.4, -0.2) is 34.8 Å². The average Bonchev–Trinajstić information content (AvgIpc) is 3.19. The zero-order valence-corrected chi connectivity index (χ0v) is 16.9. The molecule has 0 spiro atoms. The standard InChI is InChI=1S/C23H23N3O2S/c1-2-14-26(15-13-18-9-5-3-6-10-18)21(27)16-20-17-29-23(24-20)25-22(28)19-11-7-4-8-12-19/h2-12,17H,1,13-16H2,(H,24,25,28). The highest BCUT2D eigenvalue weighted by Gasteiger charge is 2.16. The number of amides is 2. The molecule has 0 aliphatic heterocycles. The van der Waals surface area contributed by atoms with Gasteiger partial charge < -0.3 is 4.90 Å². The van der Waals surface area contributed by atoms with Crippen molar-refractivity contribution in [2.24, 2.45) is 0 Å². The Kier molecular flexibility index (Phi) is 7.30. The first-order valence-corrected chi connectivity index (χ1v) is 10.3. The van der Waals surface area contributed by atoms with E-state index >= 15 is 0 Å². The minimum absolute atomic E-state index is 0.00735. The number of nitrogens with one attached hydrogen (secondary N) is 1. The van der Waals surface area contributed by atoms with E-state index in [9.17, 15) is 9.59 Å². The first kappa shape index (κ1) is 20.5. The Morgan fingerprint density at radius 1 is 1.07 bits per heavy atom. The number of anilines is 1. The second kappa shape index (κ2) is 10.3. The summed E-state index contributed by atoms with van der Waals surface area (Å²) in [6.07, 6.45) is 2.71. The van der Waals surface area contributed by atoms with E-state index in [0.29, 0.717) is 29.5 Å². The Morgan fingerprint density at radius 2 is 1.76 bits per heavy atom. The number of aromatic nitrogens is 1. The van der Waals surface area contributed by atoms with E-state index < -0.39 is 0 Å². The van der Waals surface area contributed by atoms with Crippen LogP contribution in [-0.2, 0) is 17.6 Å². The summed E-state index contributed by atoms with van der Waals surface area (Å²) < 4.78 is 0. The molecule has 5 nitrogen and oxygen atoms in total. The molecule has 1 N–H and O–H groups in total. The van der Waals surface area contributed by atoms with Gasteiger partial charge in [-0.15, -0.1) is 17.9 Å². The third-order valence-electron chi connectivity index (χ3n) is 4.36. The smallest absolute Gasteiger partial charge is 0.257 e. The molecule has 1 heterocycles. The van der Waals surface area contributed by atoms with E-state index in [1.54, 1.807) is 23.1 Å². The summed E-state index contributed by atoms with van der Waals surface area (Å²) >= 11 is 1.32. The van der Waals surface area contributed by atoms with Crippen LogP contribution in [0, 0.1) is 0 Å². The second-order valence-corrected chi connectivity index (χ2v) is 7.36. The van der Waals surface area contributed by atoms with Gasteiger partial charge in [0.15, 0.2) is 5.13 Å². The van der Waals surface area contributed by atoms with Crippen molar-refractivity contribution in [2.75, 3.05) is 18.4 Å². The van der Waals surface area contributed by atoms with E-state index in [1.165, 1.54) is 16.9 Å². The Labute approximate surface area is 174 Å². The van der Waals surface area contributed by atoms with Crippen molar-refractivity contribution in [2.45, 2.75) is 12.8 Å². The Morgan fingerprint density at radius 3 is 2.45 bits per heavy atom. The number of benzene rings is 2. The van der Waals surface area contributed by atoms with Gasteiger partial charge in [0.25, 0.3) is 5.91 Å². The first-order valence-electron chi connectivity index (χ1n) is 9.39. The maximum absolute atomic E-state index is 12.7. The largest absolute Gasteiger partial charge is 0.338 e. The highest BCUT2D eigenvalue weighted by atomic mass is 32.1. The van der Waals surface area contributed by atoms with Gasteiger partial charge in [0.2, 0.25) is 5.91 Å². The van der Waals surface area contributed by atoms with E-state index in [2.05, 4.69) is 29.0 Å². The topological polar surface area (TPSA) is 62.3 Å². The fourth-order valence-electron chi connectivity index (χ4n) is 2.85. The van der Waals surface area contributed by atoms with Gasteiger partial charge in [-0.3, -0.25) is 14.9 Å². The molecule has 0 aliphatic rings. The fourth-order valence-corrected chi connectivity index (χ4v) is 3.56. The molecular formula is C23H23N3O2S. The van der Waals surface area contributed by atoms with Crippen LogP contribution >= 0.6 is 11.3 Å². The Balaban J connectivity index is 1.57. The second-order valence-electron chi connectivity index (χ2n) is 6.50. The van der Waals surface area contributed by atoms with Crippen LogP contribution in [0.2, 0.25) is 0 Å². The van der Waals surface area contributed by atoms with Gasteiger partial charge in [0, 0.05) is 24.0 Å².